The first-order valence-electron chi connectivity index (χ1n) is 12.3. The first-order valence-corrected chi connectivity index (χ1v) is 13.9. The molecular weight excluding hydrogens is 486 g/mol. The lowest BCUT2D eigenvalue weighted by molar-refractivity contribution is -0.127. The molecule has 5 rings (SSSR count). The summed E-state index contributed by atoms with van der Waals surface area (Å²) in [6.07, 6.45) is 0.984. The van der Waals surface area contributed by atoms with Gasteiger partial charge in [0.25, 0.3) is 0 Å². The topological polar surface area (TPSA) is 80.8 Å². The van der Waals surface area contributed by atoms with Crippen LogP contribution in [-0.2, 0) is 32.3 Å². The fourth-order valence-corrected chi connectivity index (χ4v) is 6.83. The fourth-order valence-electron chi connectivity index (χ4n) is 5.32. The molecule has 1 aliphatic carbocycles. The third kappa shape index (κ3) is 5.09. The van der Waals surface area contributed by atoms with Gasteiger partial charge in [0.1, 0.15) is 11.5 Å². The minimum Gasteiger partial charge on any atom is -0.497 e. The van der Waals surface area contributed by atoms with E-state index in [1.807, 2.05) is 30.3 Å². The van der Waals surface area contributed by atoms with E-state index in [1.54, 1.807) is 61.5 Å². The SMILES string of the molecule is COc1ccc(N(C)C(=O)[C@H]2CC(=O)CC3=C(Cc4ccccc43)CS(=O)(=O)c3cccc(c3)C2)cc1. The number of ether oxygens (including phenoxy) is 1. The third-order valence-electron chi connectivity index (χ3n) is 7.26. The molecule has 190 valence electrons. The van der Waals surface area contributed by atoms with Crippen molar-refractivity contribution < 1.29 is 22.7 Å². The van der Waals surface area contributed by atoms with E-state index in [-0.39, 0.29) is 41.6 Å². The second kappa shape index (κ2) is 9.98. The van der Waals surface area contributed by atoms with E-state index in [9.17, 15) is 18.0 Å². The summed E-state index contributed by atoms with van der Waals surface area (Å²) in [5.41, 5.74) is 4.93. The summed E-state index contributed by atoms with van der Waals surface area (Å²) in [7, 11) is -0.343. The summed E-state index contributed by atoms with van der Waals surface area (Å²) < 4.78 is 32.0. The Bertz CT molecular complexity index is 1500. The molecule has 2 bridgehead atoms. The summed E-state index contributed by atoms with van der Waals surface area (Å²) in [5, 5.41) is 0. The maximum atomic E-state index is 13.7. The normalized spacial score (nSPS) is 18.8. The zero-order chi connectivity index (χ0) is 26.2. The molecule has 1 aliphatic heterocycles. The van der Waals surface area contributed by atoms with Gasteiger partial charge in [-0.3, -0.25) is 9.59 Å². The van der Waals surface area contributed by atoms with E-state index in [2.05, 4.69) is 0 Å². The Morgan fingerprint density at radius 1 is 0.946 bits per heavy atom. The maximum Gasteiger partial charge on any atom is 0.230 e. The lowest BCUT2D eigenvalue weighted by Gasteiger charge is -2.24. The van der Waals surface area contributed by atoms with Crippen LogP contribution in [0.4, 0.5) is 5.69 Å². The second-order valence-corrected chi connectivity index (χ2v) is 11.7. The maximum absolute atomic E-state index is 13.7. The molecule has 0 spiro atoms. The number of sulfone groups is 1. The zero-order valence-corrected chi connectivity index (χ0v) is 21.8. The molecule has 1 heterocycles. The first kappa shape index (κ1) is 25.0. The Morgan fingerprint density at radius 2 is 1.70 bits per heavy atom. The molecule has 0 N–H and O–H groups in total. The average Bonchev–Trinajstić information content (AvgIpc) is 3.23. The minimum atomic E-state index is -3.62. The third-order valence-corrected chi connectivity index (χ3v) is 8.97. The number of anilines is 1. The van der Waals surface area contributed by atoms with Gasteiger partial charge >= 0.3 is 0 Å². The van der Waals surface area contributed by atoms with Crippen LogP contribution in [0.2, 0.25) is 0 Å². The average molecular weight is 516 g/mol. The number of Topliss-reactive ketones (excluding diaryl/α,β-unsaturated/α-hetero) is 1. The van der Waals surface area contributed by atoms with Gasteiger partial charge < -0.3 is 9.64 Å². The highest BCUT2D eigenvalue weighted by Crippen LogP contribution is 2.38. The molecule has 0 radical (unpaired) electrons. The van der Waals surface area contributed by atoms with Crippen molar-refractivity contribution in [3.63, 3.8) is 0 Å². The standard InChI is InChI=1S/C30H29NO5S/c1-31(24-10-12-26(36-2)13-11-24)30(33)22-14-20-6-5-8-27(15-20)37(34,35)19-23-16-21-7-3-4-9-28(21)29(23)18-25(32)17-22/h3-13,15,22H,14,16-19H2,1-2H3/t22-/m1/s1. The lowest BCUT2D eigenvalue weighted by atomic mass is 9.89. The molecule has 0 fully saturated rings. The van der Waals surface area contributed by atoms with E-state index in [1.165, 1.54) is 0 Å². The number of allylic oxidation sites excluding steroid dienone is 1. The molecule has 3 aromatic rings. The van der Waals surface area contributed by atoms with E-state index in [0.29, 0.717) is 17.9 Å². The van der Waals surface area contributed by atoms with Crippen molar-refractivity contribution in [1.82, 2.24) is 0 Å². The number of rotatable bonds is 3. The highest BCUT2D eigenvalue weighted by atomic mass is 32.2. The highest BCUT2D eigenvalue weighted by molar-refractivity contribution is 7.91. The first-order chi connectivity index (χ1) is 17.7. The summed E-state index contributed by atoms with van der Waals surface area (Å²) in [6, 6.07) is 21.7. The van der Waals surface area contributed by atoms with Gasteiger partial charge in [0.05, 0.1) is 17.8 Å². The number of nitrogens with zero attached hydrogens (tertiary/aromatic N) is 1. The predicted octanol–water partition coefficient (Wildman–Crippen LogP) is 4.66. The summed E-state index contributed by atoms with van der Waals surface area (Å²) in [5.74, 6) is -0.317. The molecule has 0 unspecified atom stereocenters. The quantitative estimate of drug-likeness (QED) is 0.507. The van der Waals surface area contributed by atoms with Crippen LogP contribution in [0.5, 0.6) is 5.75 Å². The van der Waals surface area contributed by atoms with E-state index >= 15 is 0 Å². The summed E-state index contributed by atoms with van der Waals surface area (Å²) >= 11 is 0. The van der Waals surface area contributed by atoms with Crippen molar-refractivity contribution in [3.05, 3.63) is 95.1 Å². The zero-order valence-electron chi connectivity index (χ0n) is 20.9. The molecule has 1 atom stereocenters. The fraction of sp³-hybridized carbons (Fsp3) is 0.267. The predicted molar refractivity (Wildman–Crippen MR) is 143 cm³/mol. The minimum absolute atomic E-state index is 0.0696. The van der Waals surface area contributed by atoms with Crippen LogP contribution in [-0.4, -0.2) is 40.0 Å². The van der Waals surface area contributed by atoms with Crippen LogP contribution < -0.4 is 9.64 Å². The van der Waals surface area contributed by atoms with Gasteiger partial charge in [-0.05, 0) is 77.1 Å². The van der Waals surface area contributed by atoms with Crippen LogP contribution in [0.1, 0.15) is 29.5 Å². The number of methoxy groups -OCH3 is 1. The highest BCUT2D eigenvalue weighted by Gasteiger charge is 2.31. The smallest absolute Gasteiger partial charge is 0.230 e. The second-order valence-electron chi connectivity index (χ2n) is 9.74. The Balaban J connectivity index is 1.53. The number of ketones is 1. The Kier molecular flexibility index (Phi) is 6.73. The summed E-state index contributed by atoms with van der Waals surface area (Å²) in [4.78, 5) is 28.9. The van der Waals surface area contributed by atoms with Gasteiger partial charge in [-0.25, -0.2) is 8.42 Å². The number of amides is 1. The van der Waals surface area contributed by atoms with E-state index in [4.69, 9.17) is 4.74 Å². The molecule has 37 heavy (non-hydrogen) atoms. The Hall–Kier alpha value is -3.71. The Morgan fingerprint density at radius 3 is 2.46 bits per heavy atom. The van der Waals surface area contributed by atoms with Crippen molar-refractivity contribution in [2.75, 3.05) is 24.8 Å². The van der Waals surface area contributed by atoms with Crippen molar-refractivity contribution in [3.8, 4) is 5.75 Å². The molecule has 0 saturated carbocycles. The van der Waals surface area contributed by atoms with Crippen molar-refractivity contribution in [2.45, 2.75) is 30.6 Å². The van der Waals surface area contributed by atoms with E-state index in [0.717, 1.165) is 27.8 Å². The van der Waals surface area contributed by atoms with Crippen LogP contribution >= 0.6 is 0 Å². The molecule has 1 amide bonds. The van der Waals surface area contributed by atoms with Gasteiger partial charge in [0.2, 0.25) is 5.91 Å². The van der Waals surface area contributed by atoms with Crippen molar-refractivity contribution in [1.29, 1.82) is 0 Å². The van der Waals surface area contributed by atoms with Crippen molar-refractivity contribution in [2.24, 2.45) is 5.92 Å². The van der Waals surface area contributed by atoms with Crippen LogP contribution in [0.3, 0.4) is 0 Å². The van der Waals surface area contributed by atoms with Gasteiger partial charge in [-0.1, -0.05) is 36.4 Å². The van der Waals surface area contributed by atoms with E-state index < -0.39 is 15.8 Å². The monoisotopic (exact) mass is 515 g/mol. The van der Waals surface area contributed by atoms with Crippen LogP contribution in [0, 0.1) is 5.92 Å². The molecule has 2 aliphatic rings. The lowest BCUT2D eigenvalue weighted by Crippen LogP contribution is -2.35. The van der Waals surface area contributed by atoms with Gasteiger partial charge in [0.15, 0.2) is 9.84 Å². The van der Waals surface area contributed by atoms with Crippen molar-refractivity contribution >= 4 is 32.8 Å². The molecule has 3 aromatic carbocycles. The van der Waals surface area contributed by atoms with Gasteiger partial charge in [-0.2, -0.15) is 0 Å². The molecule has 6 nitrogen and oxygen atoms in total. The number of hydrogen-bond acceptors (Lipinski definition) is 5. The largest absolute Gasteiger partial charge is 0.497 e. The molecular formula is C30H29NO5S. The van der Waals surface area contributed by atoms with Gasteiger partial charge in [-0.15, -0.1) is 0 Å². The molecule has 7 heteroatoms. The van der Waals surface area contributed by atoms with Crippen LogP contribution in [0.15, 0.2) is 83.3 Å². The van der Waals surface area contributed by atoms with Gasteiger partial charge in [0, 0.05) is 31.5 Å². The molecule has 0 saturated heterocycles. The number of fused-ring (bicyclic) bond motifs is 4. The number of carbonyl (C=O) groups is 2. The Labute approximate surface area is 217 Å². The number of benzene rings is 3. The number of hydrogen-bond donors (Lipinski definition) is 0. The van der Waals surface area contributed by atoms with Crippen LogP contribution in [0.25, 0.3) is 5.57 Å². The number of carbonyl (C=O) groups excluding carboxylic acids is 2. The summed E-state index contributed by atoms with van der Waals surface area (Å²) in [6.45, 7) is 0. The molecule has 0 aromatic heterocycles.